The number of hydrogen-bond acceptors (Lipinski definition) is 4. The first kappa shape index (κ1) is 16.4. The highest BCUT2D eigenvalue weighted by Gasteiger charge is 2.35. The number of rotatable bonds is 6. The van der Waals surface area contributed by atoms with Crippen molar-refractivity contribution < 1.29 is 4.74 Å². The third-order valence-corrected chi connectivity index (χ3v) is 5.68. The molecule has 0 saturated heterocycles. The van der Waals surface area contributed by atoms with Crippen molar-refractivity contribution in [2.75, 3.05) is 0 Å². The predicted octanol–water partition coefficient (Wildman–Crippen LogP) is 4.22. The quantitative estimate of drug-likeness (QED) is 0.577. The highest BCUT2D eigenvalue weighted by molar-refractivity contribution is 8.03. The molecule has 2 atom stereocenters. The standard InChI is InChI=1S/C20H20N2O2S/c21-13-25-19-10-16(15-6-7-15)11-22(20(19)23)17-8-9-18(17)24-12-14-4-2-1-3-5-14/h1-5,10-11,15,17-18H,6-9,12H2/t17?,18-/m1/s1. The van der Waals surface area contributed by atoms with Crippen LogP contribution in [0.3, 0.4) is 0 Å². The number of nitriles is 1. The van der Waals surface area contributed by atoms with Crippen molar-refractivity contribution in [2.45, 2.75) is 55.2 Å². The summed E-state index contributed by atoms with van der Waals surface area (Å²) in [5.74, 6) is 0.550. The van der Waals surface area contributed by atoms with Crippen LogP contribution in [0, 0.1) is 10.7 Å². The Balaban J connectivity index is 1.54. The normalized spacial score (nSPS) is 22.2. The largest absolute Gasteiger partial charge is 0.371 e. The second-order valence-electron chi connectivity index (χ2n) is 6.80. The fourth-order valence-corrected chi connectivity index (χ4v) is 3.83. The van der Waals surface area contributed by atoms with E-state index in [0.29, 0.717) is 17.4 Å². The molecular formula is C20H20N2O2S. The van der Waals surface area contributed by atoms with E-state index in [0.717, 1.165) is 30.2 Å². The maximum atomic E-state index is 12.7. The molecule has 128 valence electrons. The maximum absolute atomic E-state index is 12.7. The molecule has 5 heteroatoms. The maximum Gasteiger partial charge on any atom is 0.265 e. The molecule has 0 amide bonds. The highest BCUT2D eigenvalue weighted by atomic mass is 32.2. The first-order chi connectivity index (χ1) is 12.3. The molecule has 2 fully saturated rings. The lowest BCUT2D eigenvalue weighted by Crippen LogP contribution is -2.41. The van der Waals surface area contributed by atoms with Gasteiger partial charge in [-0.15, -0.1) is 0 Å². The van der Waals surface area contributed by atoms with Crippen molar-refractivity contribution in [3.63, 3.8) is 0 Å². The zero-order valence-corrected chi connectivity index (χ0v) is 14.7. The molecule has 0 aliphatic heterocycles. The van der Waals surface area contributed by atoms with Crippen LogP contribution in [0.2, 0.25) is 0 Å². The van der Waals surface area contributed by atoms with E-state index in [4.69, 9.17) is 10.00 Å². The molecule has 4 rings (SSSR count). The molecule has 2 saturated carbocycles. The number of pyridine rings is 1. The topological polar surface area (TPSA) is 55.0 Å². The average molecular weight is 352 g/mol. The van der Waals surface area contributed by atoms with Crippen LogP contribution in [0.4, 0.5) is 0 Å². The fraction of sp³-hybridized carbons (Fsp3) is 0.400. The summed E-state index contributed by atoms with van der Waals surface area (Å²) in [6, 6.07) is 12.1. The van der Waals surface area contributed by atoms with Crippen LogP contribution in [-0.2, 0) is 11.3 Å². The highest BCUT2D eigenvalue weighted by Crippen LogP contribution is 2.42. The van der Waals surface area contributed by atoms with Crippen molar-refractivity contribution in [3.05, 3.63) is 64.1 Å². The van der Waals surface area contributed by atoms with Gasteiger partial charge in [0.25, 0.3) is 5.56 Å². The van der Waals surface area contributed by atoms with E-state index in [2.05, 4.69) is 12.1 Å². The summed E-state index contributed by atoms with van der Waals surface area (Å²) in [5, 5.41) is 11.0. The Hall–Kier alpha value is -2.03. The van der Waals surface area contributed by atoms with Gasteiger partial charge in [0.1, 0.15) is 5.40 Å². The smallest absolute Gasteiger partial charge is 0.265 e. The van der Waals surface area contributed by atoms with Crippen LogP contribution < -0.4 is 5.56 Å². The van der Waals surface area contributed by atoms with Gasteiger partial charge in [-0.1, -0.05) is 30.3 Å². The van der Waals surface area contributed by atoms with Crippen LogP contribution in [0.25, 0.3) is 0 Å². The van der Waals surface area contributed by atoms with E-state index in [1.54, 1.807) is 0 Å². The SMILES string of the molecule is N#CSc1cc(C2CC2)cn(C2CC[C@H]2OCc2ccccc2)c1=O. The minimum atomic E-state index is -0.0611. The van der Waals surface area contributed by atoms with E-state index in [-0.39, 0.29) is 17.7 Å². The molecule has 2 aromatic rings. The zero-order chi connectivity index (χ0) is 17.2. The zero-order valence-electron chi connectivity index (χ0n) is 13.9. The van der Waals surface area contributed by atoms with Gasteiger partial charge in [0, 0.05) is 6.20 Å². The molecule has 0 N–H and O–H groups in total. The first-order valence-electron chi connectivity index (χ1n) is 8.74. The lowest BCUT2D eigenvalue weighted by Gasteiger charge is -2.38. The molecule has 0 bridgehead atoms. The van der Waals surface area contributed by atoms with Gasteiger partial charge in [-0.05, 0) is 60.6 Å². The number of thiocyanates is 1. The van der Waals surface area contributed by atoms with Crippen molar-refractivity contribution in [1.29, 1.82) is 5.26 Å². The van der Waals surface area contributed by atoms with E-state index in [9.17, 15) is 4.79 Å². The summed E-state index contributed by atoms with van der Waals surface area (Å²) in [5.41, 5.74) is 2.27. The predicted molar refractivity (Wildman–Crippen MR) is 97.4 cm³/mol. The Morgan fingerprint density at radius 3 is 2.64 bits per heavy atom. The lowest BCUT2D eigenvalue weighted by atomic mass is 9.88. The Morgan fingerprint density at radius 2 is 2.00 bits per heavy atom. The Morgan fingerprint density at radius 1 is 1.20 bits per heavy atom. The summed E-state index contributed by atoms with van der Waals surface area (Å²) >= 11 is 0.970. The Bertz CT molecular complexity index is 852. The summed E-state index contributed by atoms with van der Waals surface area (Å²) in [4.78, 5) is 13.3. The van der Waals surface area contributed by atoms with E-state index in [1.165, 1.54) is 18.4 Å². The van der Waals surface area contributed by atoms with Crippen molar-refractivity contribution >= 4 is 11.8 Å². The van der Waals surface area contributed by atoms with Gasteiger partial charge >= 0.3 is 0 Å². The second kappa shape index (κ2) is 7.07. The number of benzene rings is 1. The molecular weight excluding hydrogens is 332 g/mol. The van der Waals surface area contributed by atoms with Gasteiger partial charge in [-0.3, -0.25) is 4.79 Å². The van der Waals surface area contributed by atoms with Crippen LogP contribution in [0.5, 0.6) is 0 Å². The summed E-state index contributed by atoms with van der Waals surface area (Å²) < 4.78 is 7.90. The number of ether oxygens (including phenoxy) is 1. The van der Waals surface area contributed by atoms with Crippen LogP contribution in [-0.4, -0.2) is 10.7 Å². The summed E-state index contributed by atoms with van der Waals surface area (Å²) in [6.07, 6.45) is 6.33. The van der Waals surface area contributed by atoms with E-state index >= 15 is 0 Å². The van der Waals surface area contributed by atoms with Gasteiger partial charge in [0.15, 0.2) is 0 Å². The Labute approximate surface area is 151 Å². The molecule has 0 spiro atoms. The first-order valence-corrected chi connectivity index (χ1v) is 9.55. The fourth-order valence-electron chi connectivity index (χ4n) is 3.35. The van der Waals surface area contributed by atoms with Crippen LogP contribution in [0.1, 0.15) is 48.8 Å². The third kappa shape index (κ3) is 3.51. The molecule has 25 heavy (non-hydrogen) atoms. The Kier molecular flexibility index (Phi) is 4.65. The number of thioether (sulfide) groups is 1. The minimum Gasteiger partial charge on any atom is -0.371 e. The van der Waals surface area contributed by atoms with Crippen molar-refractivity contribution in [2.24, 2.45) is 0 Å². The lowest BCUT2D eigenvalue weighted by molar-refractivity contribution is -0.0506. The van der Waals surface area contributed by atoms with Gasteiger partial charge in [0.05, 0.1) is 23.6 Å². The van der Waals surface area contributed by atoms with Gasteiger partial charge in [-0.2, -0.15) is 5.26 Å². The second-order valence-corrected chi connectivity index (χ2v) is 7.62. The molecule has 1 aromatic heterocycles. The van der Waals surface area contributed by atoms with Crippen LogP contribution >= 0.6 is 11.8 Å². The van der Waals surface area contributed by atoms with Gasteiger partial charge in [0.2, 0.25) is 0 Å². The van der Waals surface area contributed by atoms with E-state index < -0.39 is 0 Å². The summed E-state index contributed by atoms with van der Waals surface area (Å²) in [7, 11) is 0. The van der Waals surface area contributed by atoms with Gasteiger partial charge in [-0.25, -0.2) is 0 Å². The van der Waals surface area contributed by atoms with Crippen molar-refractivity contribution in [1.82, 2.24) is 4.57 Å². The third-order valence-electron chi connectivity index (χ3n) is 5.08. The molecule has 2 aliphatic carbocycles. The molecule has 1 unspecified atom stereocenters. The van der Waals surface area contributed by atoms with E-state index in [1.807, 2.05) is 40.4 Å². The van der Waals surface area contributed by atoms with Gasteiger partial charge < -0.3 is 9.30 Å². The van der Waals surface area contributed by atoms with Crippen molar-refractivity contribution in [3.8, 4) is 5.40 Å². The number of hydrogen-bond donors (Lipinski definition) is 0. The molecule has 1 aromatic carbocycles. The summed E-state index contributed by atoms with van der Waals surface area (Å²) in [6.45, 7) is 0.568. The molecule has 0 radical (unpaired) electrons. The monoisotopic (exact) mass is 352 g/mol. The number of nitrogens with zero attached hydrogens (tertiary/aromatic N) is 2. The minimum absolute atomic E-state index is 0.0611. The molecule has 1 heterocycles. The van der Waals surface area contributed by atoms with Crippen LogP contribution in [0.15, 0.2) is 52.3 Å². The molecule has 2 aliphatic rings. The molecule has 4 nitrogen and oxygen atoms in total. The average Bonchev–Trinajstić information content (AvgIpc) is 3.43. The number of aromatic nitrogens is 1.